The van der Waals surface area contributed by atoms with Crippen molar-refractivity contribution in [2.24, 2.45) is 0 Å². The number of rotatable bonds is 3. The number of sulfonamides is 1. The molecule has 1 aliphatic carbocycles. The summed E-state index contributed by atoms with van der Waals surface area (Å²) in [6.45, 7) is 2.47. The van der Waals surface area contributed by atoms with Gasteiger partial charge in [0.25, 0.3) is 0 Å². The maximum atomic E-state index is 13.4. The highest BCUT2D eigenvalue weighted by molar-refractivity contribution is 7.89. The van der Waals surface area contributed by atoms with Crippen molar-refractivity contribution in [1.29, 1.82) is 0 Å². The Morgan fingerprint density at radius 1 is 0.926 bits per heavy atom. The first kappa shape index (κ1) is 18.7. The summed E-state index contributed by atoms with van der Waals surface area (Å²) < 4.78 is 35.0. The van der Waals surface area contributed by atoms with Gasteiger partial charge in [-0.1, -0.05) is 60.9 Å². The topological polar surface area (TPSA) is 46.6 Å². The van der Waals surface area contributed by atoms with Gasteiger partial charge in [0.15, 0.2) is 0 Å². The third-order valence-electron chi connectivity index (χ3n) is 5.79. The quantitative estimate of drug-likeness (QED) is 0.784. The molecule has 5 heteroatoms. The van der Waals surface area contributed by atoms with Gasteiger partial charge in [-0.3, -0.25) is 0 Å². The van der Waals surface area contributed by atoms with Crippen LogP contribution in [0.2, 0.25) is 0 Å². The Bertz CT molecular complexity index is 864. The number of benzene rings is 2. The van der Waals surface area contributed by atoms with Crippen LogP contribution in [0.3, 0.4) is 0 Å². The van der Waals surface area contributed by atoms with Gasteiger partial charge in [0.1, 0.15) is 0 Å². The van der Waals surface area contributed by atoms with Crippen LogP contribution in [0.1, 0.15) is 49.3 Å². The lowest BCUT2D eigenvalue weighted by atomic mass is 9.92. The minimum atomic E-state index is -3.52. The number of nitrogens with zero attached hydrogens (tertiary/aromatic N) is 1. The standard InChI is InChI=1S/C22H27NO3S/c1-17-11-13-19(14-12-17)27(24,25)23-16-15-21(18-7-3-2-4-8-18)26-22-10-6-5-9-20(22)23/h2-4,7-8,11-14,20-22H,5-6,9-10,15-16H2,1H3/t20-,21-,22-/m1/s1. The largest absolute Gasteiger partial charge is 0.369 e. The van der Waals surface area contributed by atoms with E-state index in [2.05, 4.69) is 12.1 Å². The summed E-state index contributed by atoms with van der Waals surface area (Å²) >= 11 is 0. The molecule has 0 aromatic heterocycles. The molecule has 1 saturated carbocycles. The van der Waals surface area contributed by atoms with Crippen molar-refractivity contribution in [3.8, 4) is 0 Å². The van der Waals surface area contributed by atoms with E-state index in [1.165, 1.54) is 0 Å². The Hall–Kier alpha value is -1.69. The number of hydrogen-bond donors (Lipinski definition) is 0. The van der Waals surface area contributed by atoms with Gasteiger partial charge in [0.2, 0.25) is 10.0 Å². The lowest BCUT2D eigenvalue weighted by Gasteiger charge is -2.37. The van der Waals surface area contributed by atoms with Crippen molar-refractivity contribution >= 4 is 10.0 Å². The van der Waals surface area contributed by atoms with E-state index in [-0.39, 0.29) is 18.2 Å². The van der Waals surface area contributed by atoms with E-state index in [0.717, 1.165) is 36.8 Å². The summed E-state index contributed by atoms with van der Waals surface area (Å²) in [7, 11) is -3.52. The van der Waals surface area contributed by atoms with Crippen molar-refractivity contribution in [3.63, 3.8) is 0 Å². The van der Waals surface area contributed by atoms with Crippen LogP contribution in [0, 0.1) is 6.92 Å². The van der Waals surface area contributed by atoms with E-state index >= 15 is 0 Å². The van der Waals surface area contributed by atoms with Gasteiger partial charge in [0, 0.05) is 6.54 Å². The molecule has 3 atom stereocenters. The van der Waals surface area contributed by atoms with Crippen LogP contribution >= 0.6 is 0 Å². The average molecular weight is 386 g/mol. The van der Waals surface area contributed by atoms with Gasteiger partial charge in [-0.15, -0.1) is 0 Å². The molecule has 0 unspecified atom stereocenters. The van der Waals surface area contributed by atoms with Crippen molar-refractivity contribution in [1.82, 2.24) is 4.31 Å². The minimum absolute atomic E-state index is 0.0355. The van der Waals surface area contributed by atoms with Crippen LogP contribution in [-0.2, 0) is 14.8 Å². The fraction of sp³-hybridized carbons (Fsp3) is 0.455. The summed E-state index contributed by atoms with van der Waals surface area (Å²) in [6.07, 6.45) is 4.55. The van der Waals surface area contributed by atoms with Crippen LogP contribution in [0.4, 0.5) is 0 Å². The predicted molar refractivity (Wildman–Crippen MR) is 106 cm³/mol. The summed E-state index contributed by atoms with van der Waals surface area (Å²) in [5.74, 6) is 0. The van der Waals surface area contributed by atoms with Crippen molar-refractivity contribution in [3.05, 3.63) is 65.7 Å². The molecular weight excluding hydrogens is 358 g/mol. The average Bonchev–Trinajstić information content (AvgIpc) is 2.89. The zero-order chi connectivity index (χ0) is 18.9. The Balaban J connectivity index is 1.66. The molecule has 0 amide bonds. The molecule has 0 N–H and O–H groups in total. The van der Waals surface area contributed by atoms with E-state index in [9.17, 15) is 8.42 Å². The molecule has 0 spiro atoms. The molecule has 1 heterocycles. The summed E-state index contributed by atoms with van der Waals surface area (Å²) in [5.41, 5.74) is 2.20. The fourth-order valence-electron chi connectivity index (χ4n) is 4.31. The SMILES string of the molecule is Cc1ccc(S(=O)(=O)N2CC[C@H](c3ccccc3)O[C@@H]3CCCC[C@H]32)cc1. The Morgan fingerprint density at radius 2 is 1.63 bits per heavy atom. The molecule has 1 aliphatic heterocycles. The normalized spacial score (nSPS) is 26.9. The molecule has 2 aromatic rings. The van der Waals surface area contributed by atoms with Gasteiger partial charge in [-0.05, 0) is 43.9 Å². The summed E-state index contributed by atoms with van der Waals surface area (Å²) in [4.78, 5) is 0.385. The molecule has 27 heavy (non-hydrogen) atoms. The Morgan fingerprint density at radius 3 is 2.37 bits per heavy atom. The first-order valence-electron chi connectivity index (χ1n) is 9.84. The van der Waals surface area contributed by atoms with Crippen LogP contribution in [0.15, 0.2) is 59.5 Å². The monoisotopic (exact) mass is 385 g/mol. The van der Waals surface area contributed by atoms with Crippen LogP contribution < -0.4 is 0 Å². The van der Waals surface area contributed by atoms with Crippen molar-refractivity contribution in [2.75, 3.05) is 6.54 Å². The third-order valence-corrected chi connectivity index (χ3v) is 7.73. The summed E-state index contributed by atoms with van der Waals surface area (Å²) in [6, 6.07) is 17.3. The molecule has 2 fully saturated rings. The lowest BCUT2D eigenvalue weighted by molar-refractivity contribution is -0.0420. The van der Waals surface area contributed by atoms with Gasteiger partial charge < -0.3 is 4.74 Å². The second kappa shape index (κ2) is 7.74. The molecule has 144 valence electrons. The highest BCUT2D eigenvalue weighted by Gasteiger charge is 2.41. The lowest BCUT2D eigenvalue weighted by Crippen LogP contribution is -2.47. The first-order chi connectivity index (χ1) is 13.1. The highest BCUT2D eigenvalue weighted by Crippen LogP contribution is 2.37. The van der Waals surface area contributed by atoms with Crippen LogP contribution in [0.5, 0.6) is 0 Å². The predicted octanol–water partition coefficient (Wildman–Crippen LogP) is 4.46. The van der Waals surface area contributed by atoms with Crippen LogP contribution in [-0.4, -0.2) is 31.4 Å². The minimum Gasteiger partial charge on any atom is -0.369 e. The van der Waals surface area contributed by atoms with Crippen molar-refractivity contribution < 1.29 is 13.2 Å². The molecular formula is C22H27NO3S. The fourth-order valence-corrected chi connectivity index (χ4v) is 6.01. The second-order valence-electron chi connectivity index (χ2n) is 7.64. The number of ether oxygens (including phenoxy) is 1. The first-order valence-corrected chi connectivity index (χ1v) is 11.3. The molecule has 0 radical (unpaired) electrons. The molecule has 4 nitrogen and oxygen atoms in total. The van der Waals surface area contributed by atoms with Gasteiger partial charge in [0.05, 0.1) is 23.1 Å². The van der Waals surface area contributed by atoms with E-state index in [4.69, 9.17) is 4.74 Å². The van der Waals surface area contributed by atoms with Crippen molar-refractivity contribution in [2.45, 2.75) is 62.2 Å². The molecule has 2 aliphatic rings. The maximum absolute atomic E-state index is 13.4. The van der Waals surface area contributed by atoms with Gasteiger partial charge >= 0.3 is 0 Å². The molecule has 1 saturated heterocycles. The molecule has 4 rings (SSSR count). The molecule has 2 aromatic carbocycles. The maximum Gasteiger partial charge on any atom is 0.243 e. The summed E-state index contributed by atoms with van der Waals surface area (Å²) in [5, 5.41) is 0. The Kier molecular flexibility index (Phi) is 5.35. The highest BCUT2D eigenvalue weighted by atomic mass is 32.2. The smallest absolute Gasteiger partial charge is 0.243 e. The van der Waals surface area contributed by atoms with E-state index in [0.29, 0.717) is 17.9 Å². The van der Waals surface area contributed by atoms with Crippen LogP contribution in [0.25, 0.3) is 0 Å². The van der Waals surface area contributed by atoms with E-state index in [1.807, 2.05) is 37.3 Å². The number of hydrogen-bond acceptors (Lipinski definition) is 3. The van der Waals surface area contributed by atoms with E-state index < -0.39 is 10.0 Å². The van der Waals surface area contributed by atoms with Gasteiger partial charge in [-0.2, -0.15) is 4.31 Å². The molecule has 0 bridgehead atoms. The third kappa shape index (κ3) is 3.82. The zero-order valence-electron chi connectivity index (χ0n) is 15.8. The number of fused-ring (bicyclic) bond motifs is 1. The van der Waals surface area contributed by atoms with Gasteiger partial charge in [-0.25, -0.2) is 8.42 Å². The zero-order valence-corrected chi connectivity index (χ0v) is 16.6. The second-order valence-corrected chi connectivity index (χ2v) is 9.53. The Labute approximate surface area is 162 Å². The number of aryl methyl sites for hydroxylation is 1. The van der Waals surface area contributed by atoms with E-state index in [1.54, 1.807) is 16.4 Å².